The van der Waals surface area contributed by atoms with E-state index in [9.17, 15) is 0 Å². The molecule has 0 spiro atoms. The molecule has 0 atom stereocenters. The number of nitrogens with one attached hydrogen (secondary N) is 1. The maximum atomic E-state index is 5.36. The SMILES string of the molecule is C=C(C)CN=C(NCCc1ccco1)N(C)Cc1csc(C)n1. The van der Waals surface area contributed by atoms with E-state index in [1.54, 1.807) is 17.6 Å². The highest BCUT2D eigenvalue weighted by Crippen LogP contribution is 2.10. The van der Waals surface area contributed by atoms with Crippen LogP contribution in [0.1, 0.15) is 23.4 Å². The van der Waals surface area contributed by atoms with Gasteiger partial charge in [0, 0.05) is 25.4 Å². The van der Waals surface area contributed by atoms with Crippen LogP contribution in [0.3, 0.4) is 0 Å². The van der Waals surface area contributed by atoms with Crippen LogP contribution in [0.4, 0.5) is 0 Å². The third-order valence-corrected chi connectivity index (χ3v) is 3.98. The summed E-state index contributed by atoms with van der Waals surface area (Å²) in [5.41, 5.74) is 2.10. The zero-order valence-electron chi connectivity index (χ0n) is 14.0. The predicted molar refractivity (Wildman–Crippen MR) is 95.8 cm³/mol. The highest BCUT2D eigenvalue weighted by Gasteiger charge is 2.09. The summed E-state index contributed by atoms with van der Waals surface area (Å²) < 4.78 is 5.36. The quantitative estimate of drug-likeness (QED) is 0.480. The van der Waals surface area contributed by atoms with Gasteiger partial charge in [-0.1, -0.05) is 12.2 Å². The summed E-state index contributed by atoms with van der Waals surface area (Å²) in [5.74, 6) is 1.82. The van der Waals surface area contributed by atoms with E-state index in [2.05, 4.69) is 32.2 Å². The van der Waals surface area contributed by atoms with Crippen LogP contribution in [-0.2, 0) is 13.0 Å². The molecule has 5 nitrogen and oxygen atoms in total. The number of guanidine groups is 1. The summed E-state index contributed by atoms with van der Waals surface area (Å²) in [6.07, 6.45) is 2.52. The average Bonchev–Trinajstić information content (AvgIpc) is 3.14. The summed E-state index contributed by atoms with van der Waals surface area (Å²) in [4.78, 5) is 11.2. The van der Waals surface area contributed by atoms with Crippen LogP contribution in [-0.4, -0.2) is 36.0 Å². The lowest BCUT2D eigenvalue weighted by Gasteiger charge is -2.21. The lowest BCUT2D eigenvalue weighted by molar-refractivity contribution is 0.464. The van der Waals surface area contributed by atoms with Gasteiger partial charge in [0.1, 0.15) is 5.76 Å². The molecular weight excluding hydrogens is 308 g/mol. The Morgan fingerprint density at radius 1 is 1.52 bits per heavy atom. The van der Waals surface area contributed by atoms with E-state index in [1.165, 1.54) is 0 Å². The van der Waals surface area contributed by atoms with Gasteiger partial charge in [-0.15, -0.1) is 11.3 Å². The van der Waals surface area contributed by atoms with Gasteiger partial charge in [-0.3, -0.25) is 0 Å². The lowest BCUT2D eigenvalue weighted by Crippen LogP contribution is -2.39. The molecule has 0 radical (unpaired) electrons. The van der Waals surface area contributed by atoms with E-state index in [0.29, 0.717) is 6.54 Å². The van der Waals surface area contributed by atoms with Gasteiger partial charge in [0.2, 0.25) is 0 Å². The maximum absolute atomic E-state index is 5.36. The third-order valence-electron chi connectivity index (χ3n) is 3.16. The molecule has 0 aliphatic rings. The van der Waals surface area contributed by atoms with Crippen LogP contribution in [0, 0.1) is 6.92 Å². The van der Waals surface area contributed by atoms with Crippen molar-refractivity contribution in [1.29, 1.82) is 0 Å². The van der Waals surface area contributed by atoms with E-state index in [-0.39, 0.29) is 0 Å². The van der Waals surface area contributed by atoms with Crippen LogP contribution in [0.25, 0.3) is 0 Å². The fraction of sp³-hybridized carbons (Fsp3) is 0.412. The van der Waals surface area contributed by atoms with Crippen LogP contribution in [0.15, 0.2) is 45.3 Å². The zero-order valence-corrected chi connectivity index (χ0v) is 14.8. The van der Waals surface area contributed by atoms with Crippen molar-refractivity contribution in [3.63, 3.8) is 0 Å². The molecule has 2 rings (SSSR count). The van der Waals surface area contributed by atoms with Gasteiger partial charge < -0.3 is 14.6 Å². The van der Waals surface area contributed by atoms with Crippen LogP contribution in [0.5, 0.6) is 0 Å². The number of hydrogen-bond acceptors (Lipinski definition) is 4. The van der Waals surface area contributed by atoms with Gasteiger partial charge in [0.25, 0.3) is 0 Å². The molecule has 0 aliphatic heterocycles. The Hall–Kier alpha value is -2.08. The van der Waals surface area contributed by atoms with Crippen LogP contribution < -0.4 is 5.32 Å². The molecule has 0 aliphatic carbocycles. The fourth-order valence-corrected chi connectivity index (χ4v) is 2.68. The smallest absolute Gasteiger partial charge is 0.194 e. The Balaban J connectivity index is 1.94. The van der Waals surface area contributed by atoms with Crippen molar-refractivity contribution in [2.24, 2.45) is 4.99 Å². The second-order valence-electron chi connectivity index (χ2n) is 5.57. The second-order valence-corrected chi connectivity index (χ2v) is 6.63. The van der Waals surface area contributed by atoms with Crippen molar-refractivity contribution in [1.82, 2.24) is 15.2 Å². The third kappa shape index (κ3) is 5.90. The number of nitrogens with zero attached hydrogens (tertiary/aromatic N) is 3. The van der Waals surface area contributed by atoms with Gasteiger partial charge >= 0.3 is 0 Å². The maximum Gasteiger partial charge on any atom is 0.194 e. The molecule has 0 saturated heterocycles. The average molecular weight is 332 g/mol. The summed E-state index contributed by atoms with van der Waals surface area (Å²) in [6, 6.07) is 3.89. The van der Waals surface area contributed by atoms with Crippen LogP contribution in [0.2, 0.25) is 0 Å². The molecular formula is C17H24N4OS. The molecule has 0 bridgehead atoms. The zero-order chi connectivity index (χ0) is 16.7. The first kappa shape index (κ1) is 17.3. The Bertz CT molecular complexity index is 645. The number of aromatic nitrogens is 1. The first-order valence-electron chi connectivity index (χ1n) is 7.62. The first-order chi connectivity index (χ1) is 11.0. The second kappa shape index (κ2) is 8.53. The van der Waals surface area contributed by atoms with Crippen molar-refractivity contribution in [3.8, 4) is 0 Å². The molecule has 1 N–H and O–H groups in total. The molecule has 0 fully saturated rings. The first-order valence-corrected chi connectivity index (χ1v) is 8.50. The molecule has 124 valence electrons. The van der Waals surface area contributed by atoms with Gasteiger partial charge in [-0.25, -0.2) is 9.98 Å². The minimum atomic E-state index is 0.615. The van der Waals surface area contributed by atoms with Crippen LogP contribution >= 0.6 is 11.3 Å². The number of aryl methyl sites for hydroxylation is 1. The Morgan fingerprint density at radius 2 is 2.35 bits per heavy atom. The van der Waals surface area contributed by atoms with E-state index in [1.807, 2.05) is 33.0 Å². The van der Waals surface area contributed by atoms with Gasteiger partial charge in [0.05, 0.1) is 30.1 Å². The monoisotopic (exact) mass is 332 g/mol. The van der Waals surface area contributed by atoms with E-state index < -0.39 is 0 Å². The Kier molecular flexibility index (Phi) is 6.40. The van der Waals surface area contributed by atoms with Crippen molar-refractivity contribution in [2.75, 3.05) is 20.1 Å². The standard InChI is InChI=1S/C17H24N4OS/c1-13(2)10-19-17(18-8-7-16-6-5-9-22-16)21(4)11-15-12-23-14(3)20-15/h5-6,9,12H,1,7-8,10-11H2,2-4H3,(H,18,19). The Labute approximate surface area is 141 Å². The molecule has 2 aromatic rings. The summed E-state index contributed by atoms with van der Waals surface area (Å²) in [7, 11) is 2.02. The molecule has 0 amide bonds. The highest BCUT2D eigenvalue weighted by atomic mass is 32.1. The molecule has 0 unspecified atom stereocenters. The predicted octanol–water partition coefficient (Wildman–Crippen LogP) is 3.24. The molecule has 2 aromatic heterocycles. The van der Waals surface area contributed by atoms with Crippen molar-refractivity contribution in [3.05, 3.63) is 52.4 Å². The summed E-state index contributed by atoms with van der Waals surface area (Å²) in [5, 5.41) is 6.56. The normalized spacial score (nSPS) is 11.5. The summed E-state index contributed by atoms with van der Waals surface area (Å²) >= 11 is 1.67. The van der Waals surface area contributed by atoms with Gasteiger partial charge in [0.15, 0.2) is 5.96 Å². The van der Waals surface area contributed by atoms with Gasteiger partial charge in [-0.2, -0.15) is 0 Å². The highest BCUT2D eigenvalue weighted by molar-refractivity contribution is 7.09. The minimum absolute atomic E-state index is 0.615. The number of furan rings is 1. The molecule has 0 aromatic carbocycles. The number of thiazole rings is 1. The van der Waals surface area contributed by atoms with E-state index in [0.717, 1.165) is 47.5 Å². The summed E-state index contributed by atoms with van der Waals surface area (Å²) in [6.45, 7) is 10.0. The number of rotatable bonds is 7. The molecule has 6 heteroatoms. The molecule has 2 heterocycles. The fourth-order valence-electron chi connectivity index (χ4n) is 2.07. The van der Waals surface area contributed by atoms with Gasteiger partial charge in [-0.05, 0) is 26.0 Å². The van der Waals surface area contributed by atoms with E-state index in [4.69, 9.17) is 4.42 Å². The van der Waals surface area contributed by atoms with Crippen molar-refractivity contribution < 1.29 is 4.42 Å². The molecule has 23 heavy (non-hydrogen) atoms. The minimum Gasteiger partial charge on any atom is -0.469 e. The molecule has 0 saturated carbocycles. The van der Waals surface area contributed by atoms with Crippen molar-refractivity contribution in [2.45, 2.75) is 26.8 Å². The number of aliphatic imine (C=N–C) groups is 1. The topological polar surface area (TPSA) is 53.7 Å². The number of hydrogen-bond donors (Lipinski definition) is 1. The lowest BCUT2D eigenvalue weighted by atomic mass is 10.3. The Morgan fingerprint density at radius 3 is 2.96 bits per heavy atom. The largest absolute Gasteiger partial charge is 0.469 e. The van der Waals surface area contributed by atoms with E-state index >= 15 is 0 Å². The van der Waals surface area contributed by atoms with Crippen molar-refractivity contribution >= 4 is 17.3 Å².